The number of aromatic amines is 1. The van der Waals surface area contributed by atoms with E-state index in [4.69, 9.17) is 0 Å². The Hall–Kier alpha value is -1.62. The molecule has 2 aromatic rings. The number of piperidine rings is 1. The Labute approximate surface area is 131 Å². The van der Waals surface area contributed by atoms with E-state index >= 15 is 0 Å². The molecule has 0 radical (unpaired) electrons. The van der Waals surface area contributed by atoms with Crippen molar-refractivity contribution in [2.24, 2.45) is 0 Å². The molecular weight excluding hydrogens is 274 g/mol. The molecule has 1 fully saturated rings. The van der Waals surface area contributed by atoms with Crippen molar-refractivity contribution in [3.05, 3.63) is 35.7 Å². The highest BCUT2D eigenvalue weighted by Gasteiger charge is 2.25. The van der Waals surface area contributed by atoms with Crippen molar-refractivity contribution in [3.63, 3.8) is 0 Å². The average Bonchev–Trinajstić information content (AvgIpc) is 3.26. The number of nitrogens with zero attached hydrogens (tertiary/aromatic N) is 4. The molecule has 118 valence electrons. The van der Waals surface area contributed by atoms with E-state index in [1.165, 1.54) is 68.4 Å². The fourth-order valence-electron chi connectivity index (χ4n) is 4.02. The molecule has 0 unspecified atom stereocenters. The maximum absolute atomic E-state index is 4.59. The van der Waals surface area contributed by atoms with Gasteiger partial charge in [0.05, 0.1) is 12.0 Å². The van der Waals surface area contributed by atoms with Gasteiger partial charge in [-0.3, -0.25) is 10.00 Å². The zero-order valence-electron chi connectivity index (χ0n) is 13.2. The second kappa shape index (κ2) is 6.24. The monoisotopic (exact) mass is 299 g/mol. The number of rotatable bonds is 5. The number of likely N-dealkylation sites (tertiary alicyclic amines) is 1. The van der Waals surface area contributed by atoms with Gasteiger partial charge in [0.2, 0.25) is 0 Å². The molecule has 4 rings (SSSR count). The summed E-state index contributed by atoms with van der Waals surface area (Å²) in [5.41, 5.74) is 4.21. The van der Waals surface area contributed by atoms with Gasteiger partial charge in [-0.15, -0.1) is 0 Å². The third kappa shape index (κ3) is 2.82. The molecule has 2 aromatic heterocycles. The van der Waals surface area contributed by atoms with Crippen LogP contribution in [0.15, 0.2) is 18.7 Å². The van der Waals surface area contributed by atoms with Gasteiger partial charge >= 0.3 is 0 Å². The molecule has 3 heterocycles. The molecular formula is C17H25N5. The van der Waals surface area contributed by atoms with Gasteiger partial charge in [0, 0.05) is 37.2 Å². The normalized spacial score (nSPS) is 22.1. The Bertz CT molecular complexity index is 601. The second-order valence-corrected chi connectivity index (χ2v) is 6.69. The van der Waals surface area contributed by atoms with Crippen LogP contribution in [-0.2, 0) is 25.9 Å². The first-order valence-corrected chi connectivity index (χ1v) is 8.65. The zero-order chi connectivity index (χ0) is 14.8. The fraction of sp³-hybridized carbons (Fsp3) is 0.647. The van der Waals surface area contributed by atoms with E-state index in [0.29, 0.717) is 6.04 Å². The molecule has 0 spiro atoms. The summed E-state index contributed by atoms with van der Waals surface area (Å²) in [6.07, 6.45) is 14.8. The highest BCUT2D eigenvalue weighted by Crippen LogP contribution is 2.27. The van der Waals surface area contributed by atoms with E-state index in [1.807, 2.05) is 12.5 Å². The number of aromatic nitrogens is 4. The summed E-state index contributed by atoms with van der Waals surface area (Å²) < 4.78 is 2.19. The zero-order valence-corrected chi connectivity index (χ0v) is 13.2. The summed E-state index contributed by atoms with van der Waals surface area (Å²) in [7, 11) is 0. The Morgan fingerprint density at radius 3 is 3.14 bits per heavy atom. The minimum absolute atomic E-state index is 0.685. The number of nitrogens with one attached hydrogen (secondary N) is 1. The van der Waals surface area contributed by atoms with Crippen molar-refractivity contribution >= 4 is 0 Å². The van der Waals surface area contributed by atoms with Crippen LogP contribution < -0.4 is 0 Å². The highest BCUT2D eigenvalue weighted by molar-refractivity contribution is 5.29. The molecule has 1 aliphatic carbocycles. The van der Waals surface area contributed by atoms with Crippen LogP contribution in [0.25, 0.3) is 0 Å². The van der Waals surface area contributed by atoms with Gasteiger partial charge in [-0.25, -0.2) is 4.98 Å². The largest absolute Gasteiger partial charge is 0.337 e. The minimum atomic E-state index is 0.685. The van der Waals surface area contributed by atoms with Crippen LogP contribution in [-0.4, -0.2) is 37.2 Å². The van der Waals surface area contributed by atoms with Gasteiger partial charge in [0.15, 0.2) is 0 Å². The SMILES string of the molecule is c1cn(CC[C@@H]2CCCCN2Cc2n[nH]c3c2CCC3)cn1. The lowest BCUT2D eigenvalue weighted by Gasteiger charge is -2.35. The van der Waals surface area contributed by atoms with Crippen LogP contribution in [0.1, 0.15) is 49.1 Å². The lowest BCUT2D eigenvalue weighted by molar-refractivity contribution is 0.126. The first kappa shape index (κ1) is 14.0. The smallest absolute Gasteiger partial charge is 0.0945 e. The third-order valence-electron chi connectivity index (χ3n) is 5.27. The molecule has 0 saturated carbocycles. The van der Waals surface area contributed by atoms with Crippen molar-refractivity contribution < 1.29 is 0 Å². The molecule has 1 aliphatic heterocycles. The van der Waals surface area contributed by atoms with E-state index in [2.05, 4.69) is 30.8 Å². The predicted octanol–water partition coefficient (Wildman–Crippen LogP) is 2.54. The Kier molecular flexibility index (Phi) is 3.97. The van der Waals surface area contributed by atoms with Crippen LogP contribution in [0, 0.1) is 0 Å². The Morgan fingerprint density at radius 1 is 1.23 bits per heavy atom. The number of H-pyrrole nitrogens is 1. The summed E-state index contributed by atoms with van der Waals surface area (Å²) in [5, 5.41) is 7.85. The third-order valence-corrected chi connectivity index (χ3v) is 5.27. The van der Waals surface area contributed by atoms with Crippen LogP contribution >= 0.6 is 0 Å². The summed E-state index contributed by atoms with van der Waals surface area (Å²) in [4.78, 5) is 6.80. The lowest BCUT2D eigenvalue weighted by atomic mass is 9.98. The summed E-state index contributed by atoms with van der Waals surface area (Å²) in [6, 6.07) is 0.685. The van der Waals surface area contributed by atoms with E-state index in [-0.39, 0.29) is 0 Å². The van der Waals surface area contributed by atoms with E-state index in [1.54, 1.807) is 0 Å². The summed E-state index contributed by atoms with van der Waals surface area (Å²) in [6.45, 7) is 3.32. The molecule has 1 atom stereocenters. The summed E-state index contributed by atoms with van der Waals surface area (Å²) in [5.74, 6) is 0. The second-order valence-electron chi connectivity index (χ2n) is 6.69. The van der Waals surface area contributed by atoms with Gasteiger partial charge in [-0.05, 0) is 50.6 Å². The quantitative estimate of drug-likeness (QED) is 0.923. The molecule has 0 bridgehead atoms. The minimum Gasteiger partial charge on any atom is -0.337 e. The van der Waals surface area contributed by atoms with Gasteiger partial charge in [0.1, 0.15) is 0 Å². The maximum atomic E-state index is 4.59. The number of fused-ring (bicyclic) bond motifs is 1. The Morgan fingerprint density at radius 2 is 2.23 bits per heavy atom. The van der Waals surface area contributed by atoms with Gasteiger partial charge in [0.25, 0.3) is 0 Å². The molecule has 1 saturated heterocycles. The first-order chi connectivity index (χ1) is 10.9. The highest BCUT2D eigenvalue weighted by atomic mass is 15.2. The number of hydrogen-bond donors (Lipinski definition) is 1. The Balaban J connectivity index is 1.41. The van der Waals surface area contributed by atoms with Crippen LogP contribution in [0.4, 0.5) is 0 Å². The lowest BCUT2D eigenvalue weighted by Crippen LogP contribution is -2.39. The molecule has 1 N–H and O–H groups in total. The van der Waals surface area contributed by atoms with E-state index < -0.39 is 0 Å². The van der Waals surface area contributed by atoms with Crippen LogP contribution in [0.2, 0.25) is 0 Å². The summed E-state index contributed by atoms with van der Waals surface area (Å²) >= 11 is 0. The maximum Gasteiger partial charge on any atom is 0.0945 e. The molecule has 0 amide bonds. The van der Waals surface area contributed by atoms with Gasteiger partial charge < -0.3 is 4.57 Å². The van der Waals surface area contributed by atoms with Crippen molar-refractivity contribution in [1.29, 1.82) is 0 Å². The number of aryl methyl sites for hydroxylation is 2. The van der Waals surface area contributed by atoms with E-state index in [0.717, 1.165) is 13.1 Å². The van der Waals surface area contributed by atoms with Gasteiger partial charge in [-0.1, -0.05) is 6.42 Å². The van der Waals surface area contributed by atoms with Crippen molar-refractivity contribution in [2.75, 3.05) is 6.54 Å². The standard InChI is InChI=1S/C17H25N5/c1-2-9-22(12-17-15-5-3-6-16(15)19-20-17)14(4-1)7-10-21-11-8-18-13-21/h8,11,13-14H,1-7,9-10,12H2,(H,19,20)/t14-/m0/s1. The fourth-order valence-corrected chi connectivity index (χ4v) is 4.02. The van der Waals surface area contributed by atoms with Crippen molar-refractivity contribution in [3.8, 4) is 0 Å². The molecule has 5 heteroatoms. The number of hydrogen-bond acceptors (Lipinski definition) is 3. The molecule has 5 nitrogen and oxygen atoms in total. The van der Waals surface area contributed by atoms with Gasteiger partial charge in [-0.2, -0.15) is 5.10 Å². The molecule has 22 heavy (non-hydrogen) atoms. The van der Waals surface area contributed by atoms with Crippen LogP contribution in [0.5, 0.6) is 0 Å². The van der Waals surface area contributed by atoms with Crippen molar-refractivity contribution in [1.82, 2.24) is 24.6 Å². The van der Waals surface area contributed by atoms with Crippen molar-refractivity contribution in [2.45, 2.75) is 64.1 Å². The predicted molar refractivity (Wildman–Crippen MR) is 85.5 cm³/mol. The molecule has 2 aliphatic rings. The number of imidazole rings is 1. The first-order valence-electron chi connectivity index (χ1n) is 8.65. The van der Waals surface area contributed by atoms with Crippen LogP contribution in [0.3, 0.4) is 0 Å². The molecule has 0 aromatic carbocycles. The van der Waals surface area contributed by atoms with E-state index in [9.17, 15) is 0 Å². The topological polar surface area (TPSA) is 49.7 Å². The average molecular weight is 299 g/mol.